The van der Waals surface area contributed by atoms with Gasteiger partial charge in [0, 0.05) is 49.2 Å². The fraction of sp³-hybridized carbons (Fsp3) is 0.478. The van der Waals surface area contributed by atoms with Gasteiger partial charge in [-0.1, -0.05) is 0 Å². The minimum absolute atomic E-state index is 0.00580. The number of aromatic nitrogens is 1. The van der Waals surface area contributed by atoms with E-state index in [4.69, 9.17) is 4.74 Å². The molecule has 0 unspecified atom stereocenters. The number of halogens is 1. The van der Waals surface area contributed by atoms with Crippen LogP contribution in [0.1, 0.15) is 34.6 Å². The second-order valence-electron chi connectivity index (χ2n) is 8.10. The molecule has 0 N–H and O–H groups in total. The summed E-state index contributed by atoms with van der Waals surface area (Å²) in [4.78, 5) is 29.6. The Hall–Kier alpha value is -2.67. The van der Waals surface area contributed by atoms with Crippen LogP contribution < -0.4 is 0 Å². The molecule has 30 heavy (non-hydrogen) atoms. The second-order valence-corrected chi connectivity index (χ2v) is 8.10. The standard InChI is InChI=1S/C23H28FN3O3/c1-16-15-21(17(2)27(16)20-5-3-19(24)4-6-20)23(29)25-9-7-18(8-10-25)22(28)26-11-13-30-14-12-26/h3-6,15,18H,7-14H2,1-2H3. The highest BCUT2D eigenvalue weighted by atomic mass is 19.1. The highest BCUT2D eigenvalue weighted by Gasteiger charge is 2.32. The lowest BCUT2D eigenvalue weighted by Crippen LogP contribution is -2.47. The van der Waals surface area contributed by atoms with E-state index in [1.54, 1.807) is 12.1 Å². The normalized spacial score (nSPS) is 18.0. The first-order valence-electron chi connectivity index (χ1n) is 10.6. The van der Waals surface area contributed by atoms with Crippen LogP contribution in [0.25, 0.3) is 5.69 Å². The van der Waals surface area contributed by atoms with Gasteiger partial charge in [0.2, 0.25) is 5.91 Å². The van der Waals surface area contributed by atoms with E-state index in [0.717, 1.165) is 17.1 Å². The van der Waals surface area contributed by atoms with E-state index in [-0.39, 0.29) is 23.5 Å². The van der Waals surface area contributed by atoms with Crippen molar-refractivity contribution >= 4 is 11.8 Å². The quantitative estimate of drug-likeness (QED) is 0.778. The molecule has 7 heteroatoms. The smallest absolute Gasteiger partial charge is 0.255 e. The molecule has 0 aliphatic carbocycles. The molecule has 2 fully saturated rings. The van der Waals surface area contributed by atoms with Gasteiger partial charge in [-0.25, -0.2) is 4.39 Å². The van der Waals surface area contributed by atoms with Crippen LogP contribution in [-0.2, 0) is 9.53 Å². The number of hydrogen-bond acceptors (Lipinski definition) is 3. The molecule has 4 rings (SSSR count). The van der Waals surface area contributed by atoms with Crippen molar-refractivity contribution in [2.75, 3.05) is 39.4 Å². The van der Waals surface area contributed by atoms with Crippen molar-refractivity contribution < 1.29 is 18.7 Å². The third-order valence-electron chi connectivity index (χ3n) is 6.20. The number of hydrogen-bond donors (Lipinski definition) is 0. The van der Waals surface area contributed by atoms with Crippen molar-refractivity contribution in [1.82, 2.24) is 14.4 Å². The van der Waals surface area contributed by atoms with E-state index in [2.05, 4.69) is 0 Å². The Bertz CT molecular complexity index is 924. The van der Waals surface area contributed by atoms with E-state index in [1.165, 1.54) is 12.1 Å². The summed E-state index contributed by atoms with van der Waals surface area (Å²) in [5, 5.41) is 0. The molecule has 1 aromatic carbocycles. The SMILES string of the molecule is Cc1cc(C(=O)N2CCC(C(=O)N3CCOCC3)CC2)c(C)n1-c1ccc(F)cc1. The highest BCUT2D eigenvalue weighted by molar-refractivity contribution is 5.96. The van der Waals surface area contributed by atoms with Crippen LogP contribution in [0.5, 0.6) is 0 Å². The van der Waals surface area contributed by atoms with E-state index >= 15 is 0 Å². The zero-order valence-electron chi connectivity index (χ0n) is 17.6. The van der Waals surface area contributed by atoms with E-state index in [1.807, 2.05) is 34.3 Å². The highest BCUT2D eigenvalue weighted by Crippen LogP contribution is 2.26. The topological polar surface area (TPSA) is 54.8 Å². The number of nitrogens with zero attached hydrogens (tertiary/aromatic N) is 3. The Morgan fingerprint density at radius 2 is 1.60 bits per heavy atom. The number of morpholine rings is 1. The Kier molecular flexibility index (Phi) is 5.90. The number of piperidine rings is 1. The Morgan fingerprint density at radius 1 is 0.967 bits per heavy atom. The van der Waals surface area contributed by atoms with Gasteiger partial charge in [0.1, 0.15) is 5.82 Å². The van der Waals surface area contributed by atoms with Crippen molar-refractivity contribution in [3.63, 3.8) is 0 Å². The number of amides is 2. The monoisotopic (exact) mass is 413 g/mol. The van der Waals surface area contributed by atoms with Crippen LogP contribution in [0.4, 0.5) is 4.39 Å². The minimum Gasteiger partial charge on any atom is -0.378 e. The predicted octanol–water partition coefficient (Wildman–Crippen LogP) is 2.94. The van der Waals surface area contributed by atoms with Crippen LogP contribution in [0.15, 0.2) is 30.3 Å². The molecular formula is C23H28FN3O3. The lowest BCUT2D eigenvalue weighted by Gasteiger charge is -2.35. The summed E-state index contributed by atoms with van der Waals surface area (Å²) < 4.78 is 20.6. The Labute approximate surface area is 176 Å². The van der Waals surface area contributed by atoms with Gasteiger partial charge in [-0.3, -0.25) is 9.59 Å². The van der Waals surface area contributed by atoms with E-state index in [9.17, 15) is 14.0 Å². The van der Waals surface area contributed by atoms with Crippen LogP contribution in [0, 0.1) is 25.6 Å². The molecule has 2 aliphatic rings. The van der Waals surface area contributed by atoms with Gasteiger partial charge in [0.05, 0.1) is 18.8 Å². The molecule has 0 bridgehead atoms. The summed E-state index contributed by atoms with van der Waals surface area (Å²) in [7, 11) is 0. The molecular weight excluding hydrogens is 385 g/mol. The summed E-state index contributed by atoms with van der Waals surface area (Å²) in [5.41, 5.74) is 3.27. The van der Waals surface area contributed by atoms with Gasteiger partial charge in [-0.15, -0.1) is 0 Å². The maximum atomic E-state index is 13.3. The molecule has 2 aliphatic heterocycles. The second kappa shape index (κ2) is 8.60. The fourth-order valence-corrected chi connectivity index (χ4v) is 4.51. The zero-order valence-corrected chi connectivity index (χ0v) is 17.6. The summed E-state index contributed by atoms with van der Waals surface area (Å²) in [6.07, 6.45) is 1.39. The number of carbonyl (C=O) groups is 2. The largest absolute Gasteiger partial charge is 0.378 e. The third-order valence-corrected chi connectivity index (χ3v) is 6.20. The molecule has 160 valence electrons. The molecule has 0 radical (unpaired) electrons. The van der Waals surface area contributed by atoms with Crippen molar-refractivity contribution in [3.05, 3.63) is 53.1 Å². The number of ether oxygens (including phenoxy) is 1. The van der Waals surface area contributed by atoms with Gasteiger partial charge >= 0.3 is 0 Å². The van der Waals surface area contributed by atoms with E-state index in [0.29, 0.717) is 57.8 Å². The predicted molar refractivity (Wildman–Crippen MR) is 111 cm³/mol. The average molecular weight is 413 g/mol. The maximum Gasteiger partial charge on any atom is 0.255 e. The van der Waals surface area contributed by atoms with Gasteiger partial charge in [0.25, 0.3) is 5.91 Å². The molecule has 2 aromatic rings. The van der Waals surface area contributed by atoms with Crippen molar-refractivity contribution in [2.45, 2.75) is 26.7 Å². The number of rotatable bonds is 3. The summed E-state index contributed by atoms with van der Waals surface area (Å²) in [5.74, 6) is -0.112. The summed E-state index contributed by atoms with van der Waals surface area (Å²) >= 11 is 0. The molecule has 2 amide bonds. The molecule has 2 saturated heterocycles. The van der Waals surface area contributed by atoms with Gasteiger partial charge in [-0.2, -0.15) is 0 Å². The minimum atomic E-state index is -0.285. The molecule has 6 nitrogen and oxygen atoms in total. The Morgan fingerprint density at radius 3 is 2.23 bits per heavy atom. The number of aryl methyl sites for hydroxylation is 1. The molecule has 3 heterocycles. The fourth-order valence-electron chi connectivity index (χ4n) is 4.51. The first-order chi connectivity index (χ1) is 14.5. The molecule has 0 atom stereocenters. The molecule has 0 spiro atoms. The Balaban J connectivity index is 1.44. The van der Waals surface area contributed by atoms with Gasteiger partial charge < -0.3 is 19.1 Å². The van der Waals surface area contributed by atoms with Crippen LogP contribution in [0.2, 0.25) is 0 Å². The van der Waals surface area contributed by atoms with Crippen molar-refractivity contribution in [1.29, 1.82) is 0 Å². The van der Waals surface area contributed by atoms with Gasteiger partial charge in [0.15, 0.2) is 0 Å². The van der Waals surface area contributed by atoms with E-state index < -0.39 is 0 Å². The van der Waals surface area contributed by atoms with Crippen molar-refractivity contribution in [2.24, 2.45) is 5.92 Å². The molecule has 1 aromatic heterocycles. The molecule has 0 saturated carbocycles. The average Bonchev–Trinajstić information content (AvgIpc) is 3.08. The maximum absolute atomic E-state index is 13.3. The van der Waals surface area contributed by atoms with Crippen LogP contribution >= 0.6 is 0 Å². The van der Waals surface area contributed by atoms with Crippen LogP contribution in [0.3, 0.4) is 0 Å². The van der Waals surface area contributed by atoms with Gasteiger partial charge in [-0.05, 0) is 57.0 Å². The summed E-state index contributed by atoms with van der Waals surface area (Å²) in [6, 6.07) is 8.17. The lowest BCUT2D eigenvalue weighted by atomic mass is 9.94. The van der Waals surface area contributed by atoms with Crippen LogP contribution in [-0.4, -0.2) is 65.6 Å². The lowest BCUT2D eigenvalue weighted by molar-refractivity contribution is -0.141. The first kappa shape index (κ1) is 20.6. The summed E-state index contributed by atoms with van der Waals surface area (Å²) in [6.45, 7) is 7.55. The number of benzene rings is 1. The zero-order chi connectivity index (χ0) is 21.3. The number of likely N-dealkylation sites (tertiary alicyclic amines) is 1. The number of carbonyl (C=O) groups excluding carboxylic acids is 2. The third kappa shape index (κ3) is 3.99. The van der Waals surface area contributed by atoms with Crippen molar-refractivity contribution in [3.8, 4) is 5.69 Å². The first-order valence-corrected chi connectivity index (χ1v) is 10.6.